The Labute approximate surface area is 164 Å². The maximum absolute atomic E-state index is 12.6. The standard InChI is InChI=1S/C17H17N7OS2/c1-10-3-5-12(6-4-10)13-9-27-16(20-13)21-14(25)11(2)24-15(19)22-23-17(24)26-8-7-18/h3-6,9,11H,8H2,1-2H3,(H2,19,22)(H,20,21,25). The first-order chi connectivity index (χ1) is 13.0. The molecule has 3 aromatic rings. The van der Waals surface area contributed by atoms with E-state index in [4.69, 9.17) is 11.0 Å². The van der Waals surface area contributed by atoms with Crippen LogP contribution in [0.3, 0.4) is 0 Å². The molecule has 1 atom stereocenters. The fourth-order valence-electron chi connectivity index (χ4n) is 2.36. The van der Waals surface area contributed by atoms with Crippen molar-refractivity contribution in [1.82, 2.24) is 19.7 Å². The van der Waals surface area contributed by atoms with E-state index in [0.29, 0.717) is 10.3 Å². The second-order valence-corrected chi connectivity index (χ2v) is 7.53. The smallest absolute Gasteiger partial charge is 0.249 e. The highest BCUT2D eigenvalue weighted by Gasteiger charge is 2.23. The van der Waals surface area contributed by atoms with E-state index in [1.807, 2.05) is 42.6 Å². The SMILES string of the molecule is Cc1ccc(-c2csc(NC(=O)C(C)n3c(N)nnc3SCC#N)n2)cc1. The molecule has 0 aliphatic carbocycles. The number of benzene rings is 1. The summed E-state index contributed by atoms with van der Waals surface area (Å²) in [4.78, 5) is 17.1. The number of nitrogens with one attached hydrogen (secondary N) is 1. The molecule has 3 rings (SSSR count). The summed E-state index contributed by atoms with van der Waals surface area (Å²) in [5, 5.41) is 22.1. The van der Waals surface area contributed by atoms with Crippen molar-refractivity contribution in [3.05, 3.63) is 35.2 Å². The quantitative estimate of drug-likeness (QED) is 0.611. The molecule has 138 valence electrons. The van der Waals surface area contributed by atoms with Crippen LogP contribution in [0.15, 0.2) is 34.8 Å². The van der Waals surface area contributed by atoms with Gasteiger partial charge in [-0.05, 0) is 13.8 Å². The molecular weight excluding hydrogens is 382 g/mol. The van der Waals surface area contributed by atoms with E-state index in [2.05, 4.69) is 20.5 Å². The van der Waals surface area contributed by atoms with Crippen LogP contribution in [-0.4, -0.2) is 31.4 Å². The molecular formula is C17H17N7OS2. The Morgan fingerprint density at radius 1 is 1.41 bits per heavy atom. The van der Waals surface area contributed by atoms with Crippen LogP contribution in [0.5, 0.6) is 0 Å². The Morgan fingerprint density at radius 3 is 2.85 bits per heavy atom. The van der Waals surface area contributed by atoms with Crippen molar-refractivity contribution < 1.29 is 4.79 Å². The van der Waals surface area contributed by atoms with Crippen molar-refractivity contribution in [2.75, 3.05) is 16.8 Å². The number of nitrogens with two attached hydrogens (primary N) is 1. The summed E-state index contributed by atoms with van der Waals surface area (Å²) in [5.41, 5.74) is 8.80. The lowest BCUT2D eigenvalue weighted by atomic mass is 10.1. The number of nitrogen functional groups attached to an aromatic ring is 1. The number of carbonyl (C=O) groups is 1. The second kappa shape index (κ2) is 8.20. The first kappa shape index (κ1) is 18.9. The number of carbonyl (C=O) groups excluding carboxylic acids is 1. The van der Waals surface area contributed by atoms with Gasteiger partial charge in [0.15, 0.2) is 10.3 Å². The predicted molar refractivity (Wildman–Crippen MR) is 106 cm³/mol. The van der Waals surface area contributed by atoms with Crippen LogP contribution in [-0.2, 0) is 4.79 Å². The highest BCUT2D eigenvalue weighted by Crippen LogP contribution is 2.27. The van der Waals surface area contributed by atoms with Gasteiger partial charge in [0.05, 0.1) is 17.5 Å². The minimum absolute atomic E-state index is 0.123. The summed E-state index contributed by atoms with van der Waals surface area (Å²) in [6, 6.07) is 9.40. The summed E-state index contributed by atoms with van der Waals surface area (Å²) in [6.07, 6.45) is 0. The van der Waals surface area contributed by atoms with Gasteiger partial charge in [-0.1, -0.05) is 41.6 Å². The van der Waals surface area contributed by atoms with Gasteiger partial charge in [0.2, 0.25) is 11.9 Å². The van der Waals surface area contributed by atoms with Crippen LogP contribution >= 0.6 is 23.1 Å². The van der Waals surface area contributed by atoms with Crippen LogP contribution in [0.4, 0.5) is 11.1 Å². The van der Waals surface area contributed by atoms with Gasteiger partial charge in [-0.15, -0.1) is 21.5 Å². The molecule has 0 radical (unpaired) electrons. The number of aryl methyl sites for hydroxylation is 1. The lowest BCUT2D eigenvalue weighted by Crippen LogP contribution is -2.25. The molecule has 1 aromatic carbocycles. The van der Waals surface area contributed by atoms with Gasteiger partial charge in [-0.25, -0.2) is 4.98 Å². The van der Waals surface area contributed by atoms with Crippen LogP contribution in [0.2, 0.25) is 0 Å². The monoisotopic (exact) mass is 399 g/mol. The zero-order valence-corrected chi connectivity index (χ0v) is 16.3. The minimum Gasteiger partial charge on any atom is -0.368 e. The molecule has 0 spiro atoms. The normalized spacial score (nSPS) is 11.7. The van der Waals surface area contributed by atoms with E-state index < -0.39 is 6.04 Å². The summed E-state index contributed by atoms with van der Waals surface area (Å²) < 4.78 is 1.51. The number of hydrogen-bond donors (Lipinski definition) is 2. The molecule has 8 nitrogen and oxygen atoms in total. The molecule has 0 fully saturated rings. The van der Waals surface area contributed by atoms with Gasteiger partial charge in [0, 0.05) is 10.9 Å². The number of thioether (sulfide) groups is 1. The van der Waals surface area contributed by atoms with Crippen molar-refractivity contribution in [1.29, 1.82) is 5.26 Å². The predicted octanol–water partition coefficient (Wildman–Crippen LogP) is 3.11. The van der Waals surface area contributed by atoms with E-state index in [9.17, 15) is 4.79 Å². The fraction of sp³-hybridized carbons (Fsp3) is 0.235. The van der Waals surface area contributed by atoms with Crippen LogP contribution in [0.1, 0.15) is 18.5 Å². The average Bonchev–Trinajstić information content (AvgIpc) is 3.26. The number of aromatic nitrogens is 4. The van der Waals surface area contributed by atoms with Crippen molar-refractivity contribution in [3.63, 3.8) is 0 Å². The van der Waals surface area contributed by atoms with Gasteiger partial charge < -0.3 is 11.1 Å². The highest BCUT2D eigenvalue weighted by molar-refractivity contribution is 7.99. The summed E-state index contributed by atoms with van der Waals surface area (Å²) in [6.45, 7) is 3.72. The van der Waals surface area contributed by atoms with Crippen LogP contribution in [0, 0.1) is 18.3 Å². The molecule has 0 bridgehead atoms. The molecule has 0 aliphatic rings. The second-order valence-electron chi connectivity index (χ2n) is 5.73. The molecule has 0 aliphatic heterocycles. The summed E-state index contributed by atoms with van der Waals surface area (Å²) >= 11 is 2.53. The number of thiazole rings is 1. The first-order valence-corrected chi connectivity index (χ1v) is 9.89. The van der Waals surface area contributed by atoms with E-state index in [0.717, 1.165) is 11.3 Å². The van der Waals surface area contributed by atoms with Crippen molar-refractivity contribution in [2.45, 2.75) is 25.0 Å². The zero-order chi connectivity index (χ0) is 19.4. The number of anilines is 2. The zero-order valence-electron chi connectivity index (χ0n) is 14.7. The van der Waals surface area contributed by atoms with Gasteiger partial charge in [0.1, 0.15) is 6.04 Å². The number of nitriles is 1. The number of hydrogen-bond acceptors (Lipinski definition) is 8. The number of nitrogens with zero attached hydrogens (tertiary/aromatic N) is 5. The molecule has 2 aromatic heterocycles. The van der Waals surface area contributed by atoms with Gasteiger partial charge in [-0.2, -0.15) is 5.26 Å². The third kappa shape index (κ3) is 4.27. The number of rotatable bonds is 6. The topological polar surface area (TPSA) is 123 Å². The Kier molecular flexibility index (Phi) is 5.73. The molecule has 10 heteroatoms. The fourth-order valence-corrected chi connectivity index (χ4v) is 3.77. The highest BCUT2D eigenvalue weighted by atomic mass is 32.2. The average molecular weight is 400 g/mol. The van der Waals surface area contributed by atoms with Gasteiger partial charge in [0.25, 0.3) is 0 Å². The number of amides is 1. The lowest BCUT2D eigenvalue weighted by molar-refractivity contribution is -0.118. The minimum atomic E-state index is -0.645. The largest absolute Gasteiger partial charge is 0.368 e. The van der Waals surface area contributed by atoms with Crippen molar-refractivity contribution in [3.8, 4) is 17.3 Å². The lowest BCUT2D eigenvalue weighted by Gasteiger charge is -2.15. The Bertz CT molecular complexity index is 988. The molecule has 3 N–H and O–H groups in total. The summed E-state index contributed by atoms with van der Waals surface area (Å²) in [5.74, 6) is 0.0291. The Hall–Kier alpha value is -2.90. The maximum Gasteiger partial charge on any atom is 0.249 e. The van der Waals surface area contributed by atoms with Gasteiger partial charge in [-0.3, -0.25) is 9.36 Å². The van der Waals surface area contributed by atoms with Crippen LogP contribution in [0.25, 0.3) is 11.3 Å². The van der Waals surface area contributed by atoms with Crippen LogP contribution < -0.4 is 11.1 Å². The molecule has 2 heterocycles. The maximum atomic E-state index is 12.6. The Morgan fingerprint density at radius 2 is 2.15 bits per heavy atom. The van der Waals surface area contributed by atoms with E-state index in [1.165, 1.54) is 33.2 Å². The van der Waals surface area contributed by atoms with E-state index in [-0.39, 0.29) is 17.6 Å². The van der Waals surface area contributed by atoms with E-state index in [1.54, 1.807) is 6.92 Å². The molecule has 0 saturated heterocycles. The third-order valence-corrected chi connectivity index (χ3v) is 5.37. The Balaban J connectivity index is 1.73. The molecule has 27 heavy (non-hydrogen) atoms. The molecule has 1 amide bonds. The van der Waals surface area contributed by atoms with Gasteiger partial charge >= 0.3 is 0 Å². The van der Waals surface area contributed by atoms with Crippen molar-refractivity contribution >= 4 is 40.1 Å². The van der Waals surface area contributed by atoms with Crippen molar-refractivity contribution in [2.24, 2.45) is 0 Å². The first-order valence-electron chi connectivity index (χ1n) is 8.03. The third-order valence-electron chi connectivity index (χ3n) is 3.81. The molecule has 1 unspecified atom stereocenters. The van der Waals surface area contributed by atoms with E-state index >= 15 is 0 Å². The summed E-state index contributed by atoms with van der Waals surface area (Å²) in [7, 11) is 0. The molecule has 0 saturated carbocycles.